The normalized spacial score (nSPS) is 10.5. The third-order valence-corrected chi connectivity index (χ3v) is 2.14. The first-order valence-corrected chi connectivity index (χ1v) is 4.59. The number of hydroxylamine groups is 2. The van der Waals surface area contributed by atoms with Crippen LogP contribution < -0.4 is 5.73 Å². The molecule has 1 heterocycles. The molecule has 0 bridgehead atoms. The Morgan fingerprint density at radius 1 is 1.77 bits per heavy atom. The molecule has 1 aromatic rings. The Morgan fingerprint density at radius 3 is 3.08 bits per heavy atom. The van der Waals surface area contributed by atoms with Crippen molar-refractivity contribution in [3.8, 4) is 0 Å². The molecule has 13 heavy (non-hydrogen) atoms. The number of carbonyl (C=O) groups excluding carboxylic acids is 1. The summed E-state index contributed by atoms with van der Waals surface area (Å²) in [5.41, 5.74) is 5.92. The lowest BCUT2D eigenvalue weighted by molar-refractivity contribution is 0.00755. The summed E-state index contributed by atoms with van der Waals surface area (Å²) in [6, 6.07) is 1.09. The number of rotatable bonds is 3. The van der Waals surface area contributed by atoms with Gasteiger partial charge in [-0.3, -0.25) is 5.21 Å². The van der Waals surface area contributed by atoms with Gasteiger partial charge in [-0.1, -0.05) is 6.08 Å². The third-order valence-electron chi connectivity index (χ3n) is 1.41. The first-order valence-electron chi connectivity index (χ1n) is 3.65. The van der Waals surface area contributed by atoms with E-state index in [0.29, 0.717) is 11.5 Å². The summed E-state index contributed by atoms with van der Waals surface area (Å²) < 4.78 is 0. The Kier molecular flexibility index (Phi) is 3.48. The summed E-state index contributed by atoms with van der Waals surface area (Å²) in [5, 5.41) is 13.1. The van der Waals surface area contributed by atoms with Gasteiger partial charge in [0.05, 0.1) is 0 Å². The zero-order valence-corrected chi connectivity index (χ0v) is 7.70. The first kappa shape index (κ1) is 9.76. The van der Waals surface area contributed by atoms with Gasteiger partial charge in [0.15, 0.2) is 0 Å². The fraction of sp³-hybridized carbons (Fsp3) is 0.125. The Morgan fingerprint density at radius 2 is 2.54 bits per heavy atom. The van der Waals surface area contributed by atoms with Gasteiger partial charge in [-0.25, -0.2) is 4.79 Å². The highest BCUT2D eigenvalue weighted by atomic mass is 32.1. The van der Waals surface area contributed by atoms with E-state index in [1.165, 1.54) is 6.20 Å². The molecule has 5 heteroatoms. The monoisotopic (exact) mass is 198 g/mol. The molecule has 70 valence electrons. The molecular weight excluding hydrogens is 188 g/mol. The first-order chi connectivity index (χ1) is 6.20. The molecule has 4 nitrogen and oxygen atoms in total. The lowest BCUT2D eigenvalue weighted by atomic mass is 10.2. The maximum Gasteiger partial charge on any atom is 0.342 e. The summed E-state index contributed by atoms with van der Waals surface area (Å²) in [6.45, 7) is 0. The number of hydrogen-bond acceptors (Lipinski definition) is 3. The highest BCUT2D eigenvalue weighted by Gasteiger charge is 1.98. The number of urea groups is 1. The summed E-state index contributed by atoms with van der Waals surface area (Å²) in [7, 11) is 0. The van der Waals surface area contributed by atoms with Gasteiger partial charge in [-0.2, -0.15) is 16.4 Å². The Labute approximate surface area is 79.9 Å². The molecule has 0 spiro atoms. The van der Waals surface area contributed by atoms with Crippen molar-refractivity contribution in [2.24, 2.45) is 5.73 Å². The van der Waals surface area contributed by atoms with Crippen LogP contribution in [0.15, 0.2) is 29.1 Å². The zero-order chi connectivity index (χ0) is 9.68. The quantitative estimate of drug-likeness (QED) is 0.572. The molecule has 0 aromatic carbocycles. The molecule has 2 amide bonds. The van der Waals surface area contributed by atoms with Crippen molar-refractivity contribution < 1.29 is 10.0 Å². The van der Waals surface area contributed by atoms with Gasteiger partial charge in [0, 0.05) is 6.20 Å². The van der Waals surface area contributed by atoms with Gasteiger partial charge in [0.1, 0.15) is 0 Å². The second kappa shape index (κ2) is 4.64. The van der Waals surface area contributed by atoms with E-state index in [4.69, 9.17) is 10.9 Å². The van der Waals surface area contributed by atoms with Crippen LogP contribution in [0.3, 0.4) is 0 Å². The Balaban J connectivity index is 2.38. The third kappa shape index (κ3) is 3.27. The molecule has 0 aliphatic heterocycles. The van der Waals surface area contributed by atoms with Gasteiger partial charge in [-0.05, 0) is 28.8 Å². The second-order valence-corrected chi connectivity index (χ2v) is 3.18. The van der Waals surface area contributed by atoms with E-state index >= 15 is 0 Å². The molecule has 0 fully saturated rings. The zero-order valence-electron chi connectivity index (χ0n) is 6.88. The van der Waals surface area contributed by atoms with Gasteiger partial charge < -0.3 is 5.73 Å². The van der Waals surface area contributed by atoms with E-state index in [0.717, 1.165) is 5.56 Å². The van der Waals surface area contributed by atoms with E-state index in [-0.39, 0.29) is 0 Å². The maximum absolute atomic E-state index is 10.3. The van der Waals surface area contributed by atoms with Crippen LogP contribution in [0.25, 0.3) is 0 Å². The van der Waals surface area contributed by atoms with Crippen molar-refractivity contribution in [3.05, 3.63) is 34.7 Å². The molecule has 1 aromatic heterocycles. The lowest BCUT2D eigenvalue weighted by Gasteiger charge is -2.03. The number of nitrogens with zero attached hydrogens (tertiary/aromatic N) is 1. The molecule has 0 aliphatic carbocycles. The molecule has 0 atom stereocenters. The highest BCUT2D eigenvalue weighted by Crippen LogP contribution is 2.06. The van der Waals surface area contributed by atoms with Crippen molar-refractivity contribution in [3.63, 3.8) is 0 Å². The van der Waals surface area contributed by atoms with Crippen molar-refractivity contribution in [1.29, 1.82) is 0 Å². The maximum atomic E-state index is 10.3. The van der Waals surface area contributed by atoms with Crippen molar-refractivity contribution in [2.75, 3.05) is 0 Å². The summed E-state index contributed by atoms with van der Waals surface area (Å²) >= 11 is 1.60. The topological polar surface area (TPSA) is 66.6 Å². The number of hydrogen-bond donors (Lipinski definition) is 2. The number of nitrogens with two attached hydrogens (primary N) is 1. The Bertz CT molecular complexity index is 295. The van der Waals surface area contributed by atoms with Crippen LogP contribution in [-0.2, 0) is 6.42 Å². The highest BCUT2D eigenvalue weighted by molar-refractivity contribution is 7.07. The van der Waals surface area contributed by atoms with Crippen molar-refractivity contribution in [1.82, 2.24) is 5.06 Å². The van der Waals surface area contributed by atoms with Gasteiger partial charge in [0.2, 0.25) is 0 Å². The molecule has 0 unspecified atom stereocenters. The summed E-state index contributed by atoms with van der Waals surface area (Å²) in [4.78, 5) is 10.3. The van der Waals surface area contributed by atoms with E-state index in [2.05, 4.69) is 0 Å². The van der Waals surface area contributed by atoms with Crippen LogP contribution in [0.1, 0.15) is 5.56 Å². The molecule has 0 radical (unpaired) electrons. The average molecular weight is 198 g/mol. The molecule has 1 rings (SSSR count). The minimum atomic E-state index is -0.887. The SMILES string of the molecule is NC(=O)N(O)C=CCc1ccsc1. The van der Waals surface area contributed by atoms with E-state index in [1.54, 1.807) is 17.4 Å². The number of allylic oxidation sites excluding steroid dienone is 1. The fourth-order valence-electron chi connectivity index (χ4n) is 0.771. The molecule has 3 N–H and O–H groups in total. The van der Waals surface area contributed by atoms with E-state index in [1.807, 2.05) is 16.8 Å². The number of carbonyl (C=O) groups is 1. The van der Waals surface area contributed by atoms with Crippen LogP contribution in [-0.4, -0.2) is 16.3 Å². The van der Waals surface area contributed by atoms with E-state index in [9.17, 15) is 4.79 Å². The predicted molar refractivity (Wildman–Crippen MR) is 50.4 cm³/mol. The smallest absolute Gasteiger partial charge is 0.342 e. The van der Waals surface area contributed by atoms with Crippen LogP contribution in [0.5, 0.6) is 0 Å². The number of primary amides is 1. The van der Waals surface area contributed by atoms with Crippen LogP contribution >= 0.6 is 11.3 Å². The molecule has 0 aliphatic rings. The summed E-state index contributed by atoms with van der Waals surface area (Å²) in [5.74, 6) is 0. The number of thiophene rings is 1. The summed E-state index contributed by atoms with van der Waals surface area (Å²) in [6.07, 6.45) is 3.57. The standard InChI is InChI=1S/C8H10N2O2S/c9-8(11)10(12)4-1-2-7-3-5-13-6-7/h1,3-6,12H,2H2,(H2,9,11). The van der Waals surface area contributed by atoms with Gasteiger partial charge in [-0.15, -0.1) is 0 Å². The molecular formula is C8H10N2O2S. The Hall–Kier alpha value is -1.33. The molecule has 0 saturated heterocycles. The van der Waals surface area contributed by atoms with Crippen molar-refractivity contribution >= 4 is 17.4 Å². The average Bonchev–Trinajstić information content (AvgIpc) is 2.56. The minimum absolute atomic E-state index is 0.354. The largest absolute Gasteiger partial charge is 0.349 e. The second-order valence-electron chi connectivity index (χ2n) is 2.40. The number of amides is 2. The van der Waals surface area contributed by atoms with E-state index < -0.39 is 6.03 Å². The molecule has 0 saturated carbocycles. The predicted octanol–water partition coefficient (Wildman–Crippen LogP) is 1.57. The van der Waals surface area contributed by atoms with Gasteiger partial charge in [0.25, 0.3) is 0 Å². The van der Waals surface area contributed by atoms with Crippen LogP contribution in [0, 0.1) is 0 Å². The van der Waals surface area contributed by atoms with Crippen LogP contribution in [0.2, 0.25) is 0 Å². The lowest BCUT2D eigenvalue weighted by Crippen LogP contribution is -2.27. The minimum Gasteiger partial charge on any atom is -0.349 e. The van der Waals surface area contributed by atoms with Crippen LogP contribution in [0.4, 0.5) is 4.79 Å². The van der Waals surface area contributed by atoms with Gasteiger partial charge >= 0.3 is 6.03 Å². The van der Waals surface area contributed by atoms with Crippen molar-refractivity contribution in [2.45, 2.75) is 6.42 Å². The fourth-order valence-corrected chi connectivity index (χ4v) is 1.45.